The molecule has 42 heavy (non-hydrogen) atoms. The van der Waals surface area contributed by atoms with Crippen molar-refractivity contribution in [2.75, 3.05) is 18.6 Å². The van der Waals surface area contributed by atoms with Crippen molar-refractivity contribution in [1.29, 1.82) is 0 Å². The Morgan fingerprint density at radius 3 is 2.33 bits per heavy atom. The maximum Gasteiger partial charge on any atom is 0.405 e. The Kier molecular flexibility index (Phi) is 8.73. The van der Waals surface area contributed by atoms with Gasteiger partial charge in [-0.05, 0) is 91.3 Å². The van der Waals surface area contributed by atoms with E-state index in [1.54, 1.807) is 24.6 Å². The lowest BCUT2D eigenvalue weighted by atomic mass is 9.71. The van der Waals surface area contributed by atoms with Gasteiger partial charge >= 0.3 is 6.09 Å². The van der Waals surface area contributed by atoms with E-state index in [0.29, 0.717) is 12.1 Å². The molecule has 2 aliphatic carbocycles. The average Bonchev–Trinajstić information content (AvgIpc) is 3.36. The monoisotopic (exact) mass is 610 g/mol. The molecule has 2 aliphatic rings. The van der Waals surface area contributed by atoms with Gasteiger partial charge in [0.1, 0.15) is 0 Å². The van der Waals surface area contributed by atoms with E-state index in [2.05, 4.69) is 28.3 Å². The molecule has 9 nitrogen and oxygen atoms in total. The smallest absolute Gasteiger partial charge is 0.405 e. The summed E-state index contributed by atoms with van der Waals surface area (Å²) in [5.41, 5.74) is 5.87. The van der Waals surface area contributed by atoms with Gasteiger partial charge in [-0.15, -0.1) is 0 Å². The highest BCUT2D eigenvalue weighted by molar-refractivity contribution is 7.88. The molecule has 2 fully saturated rings. The standard InChI is InChI=1S/C31H38N4O5S2/c1-20-18-41-19-27(20)26-16-24(33-28(36)15-21-5-11-25(12-6-21)35(2)42(3,39)40)17-32-29(26)22-7-9-23(10-8-22)31(13-4-14-31)34-30(37)38/h7-10,16-19,21,25,34H,4-6,11-15H2,1-3H3,(H,33,36)(H,37,38)/t21-,25-. The van der Waals surface area contributed by atoms with Crippen molar-refractivity contribution < 1.29 is 23.1 Å². The van der Waals surface area contributed by atoms with Crippen LogP contribution in [-0.2, 0) is 20.4 Å². The van der Waals surface area contributed by atoms with Crippen LogP contribution >= 0.6 is 11.3 Å². The van der Waals surface area contributed by atoms with Crippen molar-refractivity contribution in [3.8, 4) is 22.4 Å². The topological polar surface area (TPSA) is 129 Å². The van der Waals surface area contributed by atoms with Crippen LogP contribution in [0.25, 0.3) is 22.4 Å². The molecule has 11 heteroatoms. The fraction of sp³-hybridized carbons (Fsp3) is 0.452. The first-order valence-electron chi connectivity index (χ1n) is 14.3. The SMILES string of the molecule is Cc1cscc1-c1cc(NC(=O)C[C@H]2CC[C@H](N(C)S(C)(=O)=O)CC2)cnc1-c1ccc(C2(NC(=O)O)CCC2)cc1. The summed E-state index contributed by atoms with van der Waals surface area (Å²) in [6.07, 6.45) is 7.98. The Labute approximate surface area is 251 Å². The minimum absolute atomic E-state index is 0.00536. The lowest BCUT2D eigenvalue weighted by molar-refractivity contribution is -0.117. The minimum Gasteiger partial charge on any atom is -0.465 e. The van der Waals surface area contributed by atoms with Crippen molar-refractivity contribution in [2.24, 2.45) is 5.92 Å². The maximum atomic E-state index is 13.0. The molecule has 0 spiro atoms. The van der Waals surface area contributed by atoms with E-state index < -0.39 is 21.7 Å². The van der Waals surface area contributed by atoms with E-state index in [1.807, 2.05) is 30.3 Å². The van der Waals surface area contributed by atoms with E-state index in [-0.39, 0.29) is 17.9 Å². The first-order valence-corrected chi connectivity index (χ1v) is 17.1. The summed E-state index contributed by atoms with van der Waals surface area (Å²) in [7, 11) is -1.59. The van der Waals surface area contributed by atoms with Crippen LogP contribution in [0.5, 0.6) is 0 Å². The molecule has 0 aliphatic heterocycles. The van der Waals surface area contributed by atoms with Crippen LogP contribution in [0.1, 0.15) is 62.5 Å². The first kappa shape index (κ1) is 30.2. The predicted molar refractivity (Wildman–Crippen MR) is 166 cm³/mol. The number of hydrogen-bond acceptors (Lipinski definition) is 6. The summed E-state index contributed by atoms with van der Waals surface area (Å²) in [5, 5.41) is 19.3. The van der Waals surface area contributed by atoms with Crippen LogP contribution in [0.2, 0.25) is 0 Å². The average molecular weight is 611 g/mol. The molecule has 5 rings (SSSR count). The summed E-state index contributed by atoms with van der Waals surface area (Å²) in [6.45, 7) is 2.05. The van der Waals surface area contributed by atoms with Gasteiger partial charge in [0, 0.05) is 30.6 Å². The number of pyridine rings is 1. The van der Waals surface area contributed by atoms with Crippen molar-refractivity contribution in [3.63, 3.8) is 0 Å². The molecule has 0 unspecified atom stereocenters. The first-order chi connectivity index (χ1) is 19.9. The Morgan fingerprint density at radius 2 is 1.79 bits per heavy atom. The Hall–Kier alpha value is -3.28. The van der Waals surface area contributed by atoms with Gasteiger partial charge in [-0.25, -0.2) is 17.5 Å². The van der Waals surface area contributed by atoms with E-state index >= 15 is 0 Å². The third-order valence-electron chi connectivity index (χ3n) is 8.91. The fourth-order valence-corrected chi connectivity index (χ4v) is 7.83. The molecule has 3 N–H and O–H groups in total. The van der Waals surface area contributed by atoms with Crippen LogP contribution in [0.4, 0.5) is 10.5 Å². The second kappa shape index (κ2) is 12.1. The van der Waals surface area contributed by atoms with Gasteiger partial charge in [0.25, 0.3) is 0 Å². The van der Waals surface area contributed by atoms with Gasteiger partial charge in [-0.2, -0.15) is 11.3 Å². The number of amides is 2. The molecule has 2 heterocycles. The normalized spacial score (nSPS) is 20.1. The van der Waals surface area contributed by atoms with E-state index in [4.69, 9.17) is 4.98 Å². The van der Waals surface area contributed by atoms with Crippen LogP contribution in [-0.4, -0.2) is 54.2 Å². The summed E-state index contributed by atoms with van der Waals surface area (Å²) in [4.78, 5) is 29.2. The number of aryl methyl sites for hydroxylation is 1. The van der Waals surface area contributed by atoms with E-state index in [9.17, 15) is 23.1 Å². The number of aromatic nitrogens is 1. The van der Waals surface area contributed by atoms with Gasteiger partial charge in [-0.3, -0.25) is 9.78 Å². The zero-order valence-electron chi connectivity index (χ0n) is 24.2. The summed E-state index contributed by atoms with van der Waals surface area (Å²) in [6, 6.07) is 9.91. The molecular formula is C31H38N4O5S2. The summed E-state index contributed by atoms with van der Waals surface area (Å²) in [5.74, 6) is 0.145. The number of carboxylic acid groups (broad SMARTS) is 1. The molecule has 1 aromatic carbocycles. The molecule has 0 saturated heterocycles. The number of thiophene rings is 1. The molecule has 224 valence electrons. The number of nitrogens with one attached hydrogen (secondary N) is 2. The number of anilines is 1. The van der Waals surface area contributed by atoms with Gasteiger partial charge in [0.05, 0.1) is 29.4 Å². The minimum atomic E-state index is -3.22. The van der Waals surface area contributed by atoms with Gasteiger partial charge in [0.15, 0.2) is 0 Å². The zero-order valence-corrected chi connectivity index (χ0v) is 25.9. The highest BCUT2D eigenvalue weighted by Gasteiger charge is 2.40. The summed E-state index contributed by atoms with van der Waals surface area (Å²) >= 11 is 1.61. The number of nitrogens with zero attached hydrogens (tertiary/aromatic N) is 2. The largest absolute Gasteiger partial charge is 0.465 e. The van der Waals surface area contributed by atoms with Crippen molar-refractivity contribution in [3.05, 3.63) is 58.4 Å². The lowest BCUT2D eigenvalue weighted by Gasteiger charge is -2.42. The molecule has 2 amide bonds. The Balaban J connectivity index is 1.31. The number of sulfonamides is 1. The maximum absolute atomic E-state index is 13.0. The van der Waals surface area contributed by atoms with Crippen molar-refractivity contribution in [1.82, 2.24) is 14.6 Å². The van der Waals surface area contributed by atoms with Crippen LogP contribution in [0.15, 0.2) is 47.3 Å². The van der Waals surface area contributed by atoms with Gasteiger partial charge < -0.3 is 15.7 Å². The second-order valence-corrected chi connectivity index (χ2v) is 14.5. The molecule has 2 aromatic heterocycles. The van der Waals surface area contributed by atoms with Crippen molar-refractivity contribution >= 4 is 39.0 Å². The Morgan fingerprint density at radius 1 is 1.10 bits per heavy atom. The van der Waals surface area contributed by atoms with Gasteiger partial charge in [-0.1, -0.05) is 24.3 Å². The van der Waals surface area contributed by atoms with Crippen LogP contribution in [0.3, 0.4) is 0 Å². The quantitative estimate of drug-likeness (QED) is 0.264. The van der Waals surface area contributed by atoms with Crippen LogP contribution < -0.4 is 10.6 Å². The van der Waals surface area contributed by atoms with Crippen molar-refractivity contribution in [2.45, 2.75) is 69.9 Å². The number of carbonyl (C=O) groups is 2. The second-order valence-electron chi connectivity index (χ2n) is 11.7. The van der Waals surface area contributed by atoms with E-state index in [0.717, 1.165) is 78.5 Å². The fourth-order valence-electron chi connectivity index (χ4n) is 6.23. The number of hydrogen-bond donors (Lipinski definition) is 3. The number of rotatable bonds is 9. The summed E-state index contributed by atoms with van der Waals surface area (Å²) < 4.78 is 25.2. The highest BCUT2D eigenvalue weighted by Crippen LogP contribution is 2.42. The van der Waals surface area contributed by atoms with Gasteiger partial charge in [0.2, 0.25) is 15.9 Å². The molecule has 0 radical (unpaired) electrons. The third kappa shape index (κ3) is 6.53. The molecule has 3 aromatic rings. The Bertz CT molecular complexity index is 1560. The molecule has 2 saturated carbocycles. The molecule has 0 atom stereocenters. The predicted octanol–water partition coefficient (Wildman–Crippen LogP) is 6.21. The number of carbonyl (C=O) groups excluding carboxylic acids is 1. The molecular weight excluding hydrogens is 572 g/mol. The number of benzene rings is 1. The zero-order chi connectivity index (χ0) is 30.1. The lowest BCUT2D eigenvalue weighted by Crippen LogP contribution is -2.50. The molecule has 0 bridgehead atoms. The third-order valence-corrected chi connectivity index (χ3v) is 11.1. The van der Waals surface area contributed by atoms with E-state index in [1.165, 1.54) is 10.6 Å². The highest BCUT2D eigenvalue weighted by atomic mass is 32.2. The van der Waals surface area contributed by atoms with Crippen LogP contribution in [0, 0.1) is 12.8 Å².